The van der Waals surface area contributed by atoms with E-state index < -0.39 is 6.43 Å². The molecule has 0 aliphatic rings. The van der Waals surface area contributed by atoms with E-state index in [0.29, 0.717) is 5.69 Å². The molecule has 0 spiro atoms. The van der Waals surface area contributed by atoms with Crippen molar-refractivity contribution >= 4 is 5.82 Å². The van der Waals surface area contributed by atoms with Crippen LogP contribution in [0.5, 0.6) is 0 Å². The SMILES string of the molecule is Cc1cc(C(F)F)c(CN)c(N)n1. The molecule has 0 aliphatic heterocycles. The van der Waals surface area contributed by atoms with Gasteiger partial charge < -0.3 is 11.5 Å². The van der Waals surface area contributed by atoms with Gasteiger partial charge in [0.1, 0.15) is 5.82 Å². The predicted molar refractivity (Wildman–Crippen MR) is 46.2 cm³/mol. The van der Waals surface area contributed by atoms with Crippen LogP contribution in [-0.2, 0) is 6.54 Å². The Hall–Kier alpha value is -1.23. The summed E-state index contributed by atoms with van der Waals surface area (Å²) in [5.74, 6) is 0.0952. The van der Waals surface area contributed by atoms with Crippen LogP contribution >= 0.6 is 0 Å². The monoisotopic (exact) mass is 187 g/mol. The molecule has 0 radical (unpaired) electrons. The highest BCUT2D eigenvalue weighted by Crippen LogP contribution is 2.26. The minimum atomic E-state index is -2.55. The third-order valence-corrected chi connectivity index (χ3v) is 1.76. The molecule has 0 saturated carbocycles. The van der Waals surface area contributed by atoms with Gasteiger partial charge >= 0.3 is 0 Å². The summed E-state index contributed by atoms with van der Waals surface area (Å²) in [4.78, 5) is 3.85. The summed E-state index contributed by atoms with van der Waals surface area (Å²) in [6, 6.07) is 1.31. The second-order valence-corrected chi connectivity index (χ2v) is 2.72. The van der Waals surface area contributed by atoms with Gasteiger partial charge in [0.2, 0.25) is 0 Å². The molecular weight excluding hydrogens is 176 g/mol. The Bertz CT molecular complexity index is 313. The van der Waals surface area contributed by atoms with E-state index in [0.717, 1.165) is 0 Å². The first-order valence-corrected chi connectivity index (χ1v) is 3.80. The second kappa shape index (κ2) is 3.66. The lowest BCUT2D eigenvalue weighted by molar-refractivity contribution is 0.150. The normalized spacial score (nSPS) is 10.8. The van der Waals surface area contributed by atoms with Crippen molar-refractivity contribution in [3.8, 4) is 0 Å². The van der Waals surface area contributed by atoms with Gasteiger partial charge in [0.05, 0.1) is 0 Å². The molecule has 3 nitrogen and oxygen atoms in total. The number of nitrogens with two attached hydrogens (primary N) is 2. The van der Waals surface area contributed by atoms with E-state index in [1.54, 1.807) is 6.92 Å². The minimum absolute atomic E-state index is 0.0151. The van der Waals surface area contributed by atoms with Gasteiger partial charge in [0, 0.05) is 23.4 Å². The van der Waals surface area contributed by atoms with E-state index in [9.17, 15) is 8.78 Å². The number of aryl methyl sites for hydroxylation is 1. The number of alkyl halides is 2. The Morgan fingerprint density at radius 1 is 1.54 bits per heavy atom. The first-order valence-electron chi connectivity index (χ1n) is 3.80. The van der Waals surface area contributed by atoms with Crippen molar-refractivity contribution in [2.24, 2.45) is 5.73 Å². The minimum Gasteiger partial charge on any atom is -0.383 e. The quantitative estimate of drug-likeness (QED) is 0.734. The third-order valence-electron chi connectivity index (χ3n) is 1.76. The summed E-state index contributed by atoms with van der Waals surface area (Å²) in [7, 11) is 0. The van der Waals surface area contributed by atoms with Gasteiger partial charge in [-0.25, -0.2) is 13.8 Å². The molecular formula is C8H11F2N3. The van der Waals surface area contributed by atoms with Gasteiger partial charge in [-0.05, 0) is 13.0 Å². The van der Waals surface area contributed by atoms with Crippen molar-refractivity contribution in [3.05, 3.63) is 22.9 Å². The zero-order valence-corrected chi connectivity index (χ0v) is 7.22. The van der Waals surface area contributed by atoms with Crippen molar-refractivity contribution in [2.75, 3.05) is 5.73 Å². The molecule has 1 aromatic rings. The van der Waals surface area contributed by atoms with Crippen molar-refractivity contribution in [1.82, 2.24) is 4.98 Å². The van der Waals surface area contributed by atoms with Gasteiger partial charge in [-0.15, -0.1) is 0 Å². The van der Waals surface area contributed by atoms with Crippen LogP contribution in [0.1, 0.15) is 23.2 Å². The van der Waals surface area contributed by atoms with E-state index in [1.807, 2.05) is 0 Å². The van der Waals surface area contributed by atoms with Gasteiger partial charge in [-0.1, -0.05) is 0 Å². The molecule has 5 heteroatoms. The second-order valence-electron chi connectivity index (χ2n) is 2.72. The number of nitrogen functional groups attached to an aromatic ring is 1. The number of aromatic nitrogens is 1. The molecule has 13 heavy (non-hydrogen) atoms. The fraction of sp³-hybridized carbons (Fsp3) is 0.375. The molecule has 0 unspecified atom stereocenters. The Kier molecular flexibility index (Phi) is 2.77. The largest absolute Gasteiger partial charge is 0.383 e. The smallest absolute Gasteiger partial charge is 0.264 e. The van der Waals surface area contributed by atoms with Crippen LogP contribution in [0.15, 0.2) is 6.07 Å². The van der Waals surface area contributed by atoms with Crippen LogP contribution in [0, 0.1) is 6.92 Å². The van der Waals surface area contributed by atoms with Crippen LogP contribution in [-0.4, -0.2) is 4.98 Å². The summed E-state index contributed by atoms with van der Waals surface area (Å²) < 4.78 is 24.9. The summed E-state index contributed by atoms with van der Waals surface area (Å²) in [5.41, 5.74) is 11.3. The molecule has 0 fully saturated rings. The summed E-state index contributed by atoms with van der Waals surface area (Å²) in [6.07, 6.45) is -2.55. The lowest BCUT2D eigenvalue weighted by Gasteiger charge is -2.09. The van der Waals surface area contributed by atoms with Gasteiger partial charge in [-0.3, -0.25) is 0 Å². The first kappa shape index (κ1) is 9.85. The molecule has 0 aromatic carbocycles. The van der Waals surface area contributed by atoms with E-state index in [-0.39, 0.29) is 23.5 Å². The van der Waals surface area contributed by atoms with Crippen LogP contribution in [0.25, 0.3) is 0 Å². The standard InChI is InChI=1S/C8H11F2N3/c1-4-2-5(7(9)10)6(3-11)8(12)13-4/h2,7H,3,11H2,1H3,(H2,12,13). The Morgan fingerprint density at radius 2 is 2.15 bits per heavy atom. The molecule has 1 aromatic heterocycles. The molecule has 1 heterocycles. The van der Waals surface area contributed by atoms with Crippen LogP contribution < -0.4 is 11.5 Å². The lowest BCUT2D eigenvalue weighted by atomic mass is 10.1. The van der Waals surface area contributed by atoms with Gasteiger partial charge in [0.25, 0.3) is 6.43 Å². The van der Waals surface area contributed by atoms with E-state index >= 15 is 0 Å². The summed E-state index contributed by atoms with van der Waals surface area (Å²) in [6.45, 7) is 1.60. The third kappa shape index (κ3) is 1.92. The Morgan fingerprint density at radius 3 is 2.62 bits per heavy atom. The molecule has 0 saturated heterocycles. The lowest BCUT2D eigenvalue weighted by Crippen LogP contribution is -2.09. The predicted octanol–water partition coefficient (Wildman–Crippen LogP) is 1.37. The molecule has 0 amide bonds. The zero-order chi connectivity index (χ0) is 10.0. The average Bonchev–Trinajstić information content (AvgIpc) is 2.02. The number of nitrogens with zero attached hydrogens (tertiary/aromatic N) is 1. The van der Waals surface area contributed by atoms with E-state index in [2.05, 4.69) is 4.98 Å². The molecule has 1 rings (SSSR count). The number of halogens is 2. The number of rotatable bonds is 2. The van der Waals surface area contributed by atoms with Crippen molar-refractivity contribution in [1.29, 1.82) is 0 Å². The van der Waals surface area contributed by atoms with Gasteiger partial charge in [-0.2, -0.15) is 0 Å². The molecule has 0 bridgehead atoms. The first-order chi connectivity index (χ1) is 6.06. The molecule has 0 atom stereocenters. The fourth-order valence-corrected chi connectivity index (χ4v) is 1.17. The zero-order valence-electron chi connectivity index (χ0n) is 7.22. The number of hydrogen-bond acceptors (Lipinski definition) is 3. The maximum atomic E-state index is 12.4. The highest BCUT2D eigenvalue weighted by molar-refractivity contribution is 5.46. The number of anilines is 1. The van der Waals surface area contributed by atoms with E-state index in [1.165, 1.54) is 6.07 Å². The fourth-order valence-electron chi connectivity index (χ4n) is 1.17. The van der Waals surface area contributed by atoms with Crippen LogP contribution in [0.2, 0.25) is 0 Å². The maximum absolute atomic E-state index is 12.4. The van der Waals surface area contributed by atoms with Gasteiger partial charge in [0.15, 0.2) is 0 Å². The highest BCUT2D eigenvalue weighted by atomic mass is 19.3. The molecule has 4 N–H and O–H groups in total. The number of hydrogen-bond donors (Lipinski definition) is 2. The topological polar surface area (TPSA) is 64.9 Å². The summed E-state index contributed by atoms with van der Waals surface area (Å²) in [5, 5.41) is 0. The maximum Gasteiger partial charge on any atom is 0.264 e. The van der Waals surface area contributed by atoms with Crippen molar-refractivity contribution in [3.63, 3.8) is 0 Å². The van der Waals surface area contributed by atoms with E-state index in [4.69, 9.17) is 11.5 Å². The highest BCUT2D eigenvalue weighted by Gasteiger charge is 2.15. The average molecular weight is 187 g/mol. The Labute approximate surface area is 74.8 Å². The molecule has 0 aliphatic carbocycles. The Balaban J connectivity index is 3.29. The van der Waals surface area contributed by atoms with Crippen molar-refractivity contribution in [2.45, 2.75) is 19.9 Å². The van der Waals surface area contributed by atoms with Crippen LogP contribution in [0.3, 0.4) is 0 Å². The van der Waals surface area contributed by atoms with Crippen molar-refractivity contribution < 1.29 is 8.78 Å². The number of pyridine rings is 1. The summed E-state index contributed by atoms with van der Waals surface area (Å²) >= 11 is 0. The molecule has 72 valence electrons. The van der Waals surface area contributed by atoms with Crippen LogP contribution in [0.4, 0.5) is 14.6 Å².